The van der Waals surface area contributed by atoms with E-state index in [9.17, 15) is 23.5 Å². The van der Waals surface area contributed by atoms with Crippen LogP contribution in [0, 0.1) is 11.6 Å². The maximum absolute atomic E-state index is 13.5. The van der Waals surface area contributed by atoms with Gasteiger partial charge in [0, 0.05) is 31.4 Å². The Labute approximate surface area is 153 Å². The highest BCUT2D eigenvalue weighted by Crippen LogP contribution is 2.21. The van der Waals surface area contributed by atoms with E-state index in [1.807, 2.05) is 29.9 Å². The van der Waals surface area contributed by atoms with Gasteiger partial charge in [-0.3, -0.25) is 9.59 Å². The number of hydrogen-bond donors (Lipinski definition) is 3. The first-order valence-corrected chi connectivity index (χ1v) is 8.12. The average molecular weight is 373 g/mol. The maximum Gasteiger partial charge on any atom is 0.313 e. The number of fused-ring (bicyclic) bond motifs is 1. The number of amides is 2. The molecule has 27 heavy (non-hydrogen) atoms. The van der Waals surface area contributed by atoms with Gasteiger partial charge in [0.1, 0.15) is 11.6 Å². The van der Waals surface area contributed by atoms with Crippen LogP contribution < -0.4 is 10.6 Å². The summed E-state index contributed by atoms with van der Waals surface area (Å²) in [4.78, 5) is 23.7. The molecule has 0 radical (unpaired) electrons. The molecule has 1 unspecified atom stereocenters. The Morgan fingerprint density at radius 2 is 1.89 bits per heavy atom. The molecule has 3 rings (SSSR count). The number of carbonyl (C=O) groups excluding carboxylic acids is 2. The number of aromatic nitrogens is 1. The van der Waals surface area contributed by atoms with Crippen molar-refractivity contribution in [2.45, 2.75) is 6.10 Å². The van der Waals surface area contributed by atoms with E-state index in [-0.39, 0.29) is 12.2 Å². The highest BCUT2D eigenvalue weighted by Gasteiger charge is 2.18. The van der Waals surface area contributed by atoms with Gasteiger partial charge in [-0.15, -0.1) is 0 Å². The second-order valence-corrected chi connectivity index (χ2v) is 6.05. The number of benzene rings is 2. The Morgan fingerprint density at radius 3 is 2.63 bits per heavy atom. The lowest BCUT2D eigenvalue weighted by molar-refractivity contribution is -0.136. The molecule has 0 bridgehead atoms. The molecular formula is C19H17F2N3O3. The molecular weight excluding hydrogens is 356 g/mol. The Bertz CT molecular complexity index is 1020. The summed E-state index contributed by atoms with van der Waals surface area (Å²) in [5, 5.41) is 15.5. The summed E-state index contributed by atoms with van der Waals surface area (Å²) >= 11 is 0. The van der Waals surface area contributed by atoms with Crippen LogP contribution in [0.3, 0.4) is 0 Å². The summed E-state index contributed by atoms with van der Waals surface area (Å²) in [7, 11) is 1.90. The number of aliphatic hydroxyl groups is 1. The van der Waals surface area contributed by atoms with Crippen molar-refractivity contribution in [3.63, 3.8) is 0 Å². The summed E-state index contributed by atoms with van der Waals surface area (Å²) in [5.74, 6) is -3.95. The minimum atomic E-state index is -1.12. The predicted molar refractivity (Wildman–Crippen MR) is 95.9 cm³/mol. The third kappa shape index (κ3) is 4.12. The van der Waals surface area contributed by atoms with Gasteiger partial charge in [0.2, 0.25) is 0 Å². The van der Waals surface area contributed by atoms with Gasteiger partial charge in [-0.2, -0.15) is 0 Å². The van der Waals surface area contributed by atoms with Crippen LogP contribution in [0.1, 0.15) is 11.7 Å². The van der Waals surface area contributed by atoms with Gasteiger partial charge < -0.3 is 20.3 Å². The molecule has 1 aromatic heterocycles. The molecule has 0 fully saturated rings. The minimum absolute atomic E-state index is 0.198. The molecule has 1 heterocycles. The Hall–Kier alpha value is -3.26. The lowest BCUT2D eigenvalue weighted by Crippen LogP contribution is -2.37. The molecule has 1 atom stereocenters. The summed E-state index contributed by atoms with van der Waals surface area (Å²) in [6, 6.07) is 9.83. The fraction of sp³-hybridized carbons (Fsp3) is 0.158. The third-order valence-corrected chi connectivity index (χ3v) is 4.14. The number of carbonyl (C=O) groups is 2. The van der Waals surface area contributed by atoms with Gasteiger partial charge in [-0.05, 0) is 41.3 Å². The Morgan fingerprint density at radius 1 is 1.11 bits per heavy atom. The molecule has 8 heteroatoms. The standard InChI is InChI=1S/C19H17F2N3O3/c1-24-7-6-11-8-12(2-5-16(11)24)17(25)10-22-18(26)19(27)23-15-4-3-13(20)9-14(15)21/h2-9,17,25H,10H2,1H3,(H,22,26)(H,23,27). The first-order chi connectivity index (χ1) is 12.8. The molecule has 2 amide bonds. The summed E-state index contributed by atoms with van der Waals surface area (Å²) < 4.78 is 28.3. The van der Waals surface area contributed by atoms with Crippen LogP contribution in [0.5, 0.6) is 0 Å². The van der Waals surface area contributed by atoms with Gasteiger partial charge in [-0.1, -0.05) is 6.07 Å². The molecule has 0 aliphatic rings. The monoisotopic (exact) mass is 373 g/mol. The number of rotatable bonds is 4. The van der Waals surface area contributed by atoms with Crippen LogP contribution in [-0.4, -0.2) is 28.0 Å². The van der Waals surface area contributed by atoms with E-state index >= 15 is 0 Å². The van der Waals surface area contributed by atoms with Crippen molar-refractivity contribution in [3.8, 4) is 0 Å². The van der Waals surface area contributed by atoms with E-state index in [0.717, 1.165) is 23.0 Å². The zero-order valence-electron chi connectivity index (χ0n) is 14.4. The van der Waals surface area contributed by atoms with Crippen molar-refractivity contribution in [2.24, 2.45) is 7.05 Å². The predicted octanol–water partition coefficient (Wildman–Crippen LogP) is 2.24. The lowest BCUT2D eigenvalue weighted by atomic mass is 10.1. The van der Waals surface area contributed by atoms with Crippen molar-refractivity contribution < 1.29 is 23.5 Å². The zero-order valence-corrected chi connectivity index (χ0v) is 14.4. The fourth-order valence-corrected chi connectivity index (χ4v) is 2.66. The van der Waals surface area contributed by atoms with E-state index < -0.39 is 29.6 Å². The molecule has 3 N–H and O–H groups in total. The smallest absolute Gasteiger partial charge is 0.313 e. The van der Waals surface area contributed by atoms with E-state index in [1.165, 1.54) is 0 Å². The lowest BCUT2D eigenvalue weighted by Gasteiger charge is -2.13. The Kier molecular flexibility index (Phi) is 5.18. The van der Waals surface area contributed by atoms with Crippen LogP contribution >= 0.6 is 0 Å². The van der Waals surface area contributed by atoms with Crippen LogP contribution in [0.4, 0.5) is 14.5 Å². The first-order valence-electron chi connectivity index (χ1n) is 8.12. The average Bonchev–Trinajstić information content (AvgIpc) is 3.02. The fourth-order valence-electron chi connectivity index (χ4n) is 2.66. The number of halogens is 2. The number of anilines is 1. The molecule has 0 saturated carbocycles. The van der Waals surface area contributed by atoms with Gasteiger partial charge in [0.05, 0.1) is 11.8 Å². The van der Waals surface area contributed by atoms with Gasteiger partial charge in [0.15, 0.2) is 0 Å². The highest BCUT2D eigenvalue weighted by molar-refractivity contribution is 6.39. The molecule has 0 aliphatic carbocycles. The van der Waals surface area contributed by atoms with Gasteiger partial charge >= 0.3 is 11.8 Å². The number of hydrogen-bond acceptors (Lipinski definition) is 3. The topological polar surface area (TPSA) is 83.4 Å². The molecule has 0 aliphatic heterocycles. The Balaban J connectivity index is 1.59. The summed E-state index contributed by atoms with van der Waals surface area (Å²) in [6.07, 6.45) is 0.871. The van der Waals surface area contributed by atoms with Crippen LogP contribution in [-0.2, 0) is 16.6 Å². The third-order valence-electron chi connectivity index (χ3n) is 4.14. The van der Waals surface area contributed by atoms with E-state index in [2.05, 4.69) is 10.6 Å². The van der Waals surface area contributed by atoms with Gasteiger partial charge in [0.25, 0.3) is 0 Å². The normalized spacial score (nSPS) is 12.0. The molecule has 0 saturated heterocycles. The van der Waals surface area contributed by atoms with Crippen molar-refractivity contribution in [1.82, 2.24) is 9.88 Å². The summed E-state index contributed by atoms with van der Waals surface area (Å²) in [6.45, 7) is -0.198. The largest absolute Gasteiger partial charge is 0.387 e. The number of aryl methyl sites for hydroxylation is 1. The second-order valence-electron chi connectivity index (χ2n) is 6.05. The van der Waals surface area contributed by atoms with Crippen LogP contribution in [0.2, 0.25) is 0 Å². The molecule has 140 valence electrons. The molecule has 0 spiro atoms. The van der Waals surface area contributed by atoms with Gasteiger partial charge in [-0.25, -0.2) is 8.78 Å². The van der Waals surface area contributed by atoms with Crippen LogP contribution in [0.15, 0.2) is 48.7 Å². The summed E-state index contributed by atoms with van der Waals surface area (Å²) in [5.41, 5.74) is 1.27. The van der Waals surface area contributed by atoms with Crippen LogP contribution in [0.25, 0.3) is 10.9 Å². The molecule has 2 aromatic carbocycles. The van der Waals surface area contributed by atoms with Crippen molar-refractivity contribution in [1.29, 1.82) is 0 Å². The number of nitrogens with one attached hydrogen (secondary N) is 2. The quantitative estimate of drug-likeness (QED) is 0.614. The first kappa shape index (κ1) is 18.5. The van der Waals surface area contributed by atoms with Crippen molar-refractivity contribution in [3.05, 3.63) is 65.9 Å². The number of nitrogens with zero attached hydrogens (tertiary/aromatic N) is 1. The highest BCUT2D eigenvalue weighted by atomic mass is 19.1. The minimum Gasteiger partial charge on any atom is -0.387 e. The molecule has 6 nitrogen and oxygen atoms in total. The van der Waals surface area contributed by atoms with E-state index in [4.69, 9.17) is 0 Å². The maximum atomic E-state index is 13.5. The van der Waals surface area contributed by atoms with Crippen molar-refractivity contribution in [2.75, 3.05) is 11.9 Å². The number of aliphatic hydroxyl groups excluding tert-OH is 1. The zero-order chi connectivity index (χ0) is 19.6. The van der Waals surface area contributed by atoms with E-state index in [1.54, 1.807) is 12.1 Å². The second kappa shape index (κ2) is 7.55. The SMILES string of the molecule is Cn1ccc2cc(C(O)CNC(=O)C(=O)Nc3ccc(F)cc3F)ccc21. The van der Waals surface area contributed by atoms with E-state index in [0.29, 0.717) is 11.6 Å². The molecule has 3 aromatic rings. The van der Waals surface area contributed by atoms with Crippen molar-refractivity contribution >= 4 is 28.4 Å².